The first-order chi connectivity index (χ1) is 10.7. The van der Waals surface area contributed by atoms with Crippen LogP contribution >= 0.6 is 35.1 Å². The maximum atomic E-state index is 6.15. The maximum Gasteiger partial charge on any atom is 0.127 e. The molecule has 3 rings (SSSR count). The Morgan fingerprint density at radius 3 is 2.77 bits per heavy atom. The van der Waals surface area contributed by atoms with E-state index >= 15 is 0 Å². The lowest BCUT2D eigenvalue weighted by Gasteiger charge is -2.11. The lowest BCUT2D eigenvalue weighted by molar-refractivity contribution is 1.09. The standard InChI is InChI=1S/C14H13Cl2N5S/c15-11-3-10-9(8-6-19-20-7-8)4-14(18-1-2-22-17)21-13(10)5-12(11)16/h3-7H,1-2,17H2,(H,18,21)(H,19,20). The molecule has 22 heavy (non-hydrogen) atoms. The van der Waals surface area contributed by atoms with Gasteiger partial charge in [0.05, 0.1) is 21.8 Å². The van der Waals surface area contributed by atoms with Crippen molar-refractivity contribution in [1.82, 2.24) is 15.2 Å². The van der Waals surface area contributed by atoms with E-state index in [0.29, 0.717) is 10.0 Å². The van der Waals surface area contributed by atoms with Gasteiger partial charge in [-0.3, -0.25) is 10.2 Å². The second kappa shape index (κ2) is 6.75. The Bertz CT molecular complexity index is 792. The summed E-state index contributed by atoms with van der Waals surface area (Å²) in [4.78, 5) is 4.58. The molecule has 4 N–H and O–H groups in total. The monoisotopic (exact) mass is 353 g/mol. The summed E-state index contributed by atoms with van der Waals surface area (Å²) in [5.41, 5.74) is 2.72. The third kappa shape index (κ3) is 3.15. The van der Waals surface area contributed by atoms with Gasteiger partial charge in [-0.05, 0) is 23.8 Å². The fourth-order valence-electron chi connectivity index (χ4n) is 2.19. The highest BCUT2D eigenvalue weighted by molar-refractivity contribution is 7.97. The summed E-state index contributed by atoms with van der Waals surface area (Å²) in [7, 11) is 0. The number of halogens is 2. The zero-order valence-corrected chi connectivity index (χ0v) is 13.8. The maximum absolute atomic E-state index is 6.15. The van der Waals surface area contributed by atoms with Crippen LogP contribution in [0.5, 0.6) is 0 Å². The van der Waals surface area contributed by atoms with Crippen LogP contribution in [-0.4, -0.2) is 27.5 Å². The molecule has 8 heteroatoms. The van der Waals surface area contributed by atoms with Crippen LogP contribution < -0.4 is 10.5 Å². The number of nitrogens with zero attached hydrogens (tertiary/aromatic N) is 2. The summed E-state index contributed by atoms with van der Waals surface area (Å²) < 4.78 is 0. The summed E-state index contributed by atoms with van der Waals surface area (Å²) in [5.74, 6) is 1.55. The van der Waals surface area contributed by atoms with E-state index in [4.69, 9.17) is 28.3 Å². The number of aromatic amines is 1. The number of nitrogens with one attached hydrogen (secondary N) is 2. The van der Waals surface area contributed by atoms with Gasteiger partial charge in [0.1, 0.15) is 5.82 Å². The molecule has 0 saturated carbocycles. The molecular formula is C14H13Cl2N5S. The van der Waals surface area contributed by atoms with Crippen LogP contribution in [-0.2, 0) is 0 Å². The van der Waals surface area contributed by atoms with E-state index in [1.165, 1.54) is 11.9 Å². The van der Waals surface area contributed by atoms with Crippen molar-refractivity contribution in [2.45, 2.75) is 0 Å². The molecule has 0 atom stereocenters. The van der Waals surface area contributed by atoms with E-state index in [1.54, 1.807) is 12.3 Å². The van der Waals surface area contributed by atoms with Crippen molar-refractivity contribution < 1.29 is 0 Å². The van der Waals surface area contributed by atoms with Gasteiger partial charge < -0.3 is 5.32 Å². The third-order valence-electron chi connectivity index (χ3n) is 3.19. The quantitative estimate of drug-likeness (QED) is 0.478. The molecule has 0 unspecified atom stereocenters. The van der Waals surface area contributed by atoms with Crippen molar-refractivity contribution in [3.05, 3.63) is 40.6 Å². The highest BCUT2D eigenvalue weighted by Gasteiger charge is 2.11. The molecule has 0 bridgehead atoms. The first-order valence-corrected chi connectivity index (χ1v) is 8.34. The second-order valence-electron chi connectivity index (χ2n) is 4.62. The first kappa shape index (κ1) is 15.4. The molecule has 0 aliphatic rings. The molecule has 3 aromatic rings. The van der Waals surface area contributed by atoms with Gasteiger partial charge in [0.25, 0.3) is 0 Å². The fourth-order valence-corrected chi connectivity index (χ4v) is 2.73. The van der Waals surface area contributed by atoms with E-state index in [0.717, 1.165) is 40.1 Å². The van der Waals surface area contributed by atoms with Gasteiger partial charge in [0, 0.05) is 29.4 Å². The SMILES string of the molecule is NSCCNc1cc(-c2cn[nH]c2)c2cc(Cl)c(Cl)cc2n1. The Balaban J connectivity index is 2.14. The van der Waals surface area contributed by atoms with E-state index < -0.39 is 0 Å². The molecule has 1 aromatic carbocycles. The number of nitrogens with two attached hydrogens (primary N) is 1. The minimum Gasteiger partial charge on any atom is -0.369 e. The predicted octanol–water partition coefficient (Wildman–Crippen LogP) is 3.95. The minimum atomic E-state index is 0.481. The molecule has 0 spiro atoms. The molecule has 0 radical (unpaired) electrons. The van der Waals surface area contributed by atoms with Crippen LogP contribution in [0.3, 0.4) is 0 Å². The van der Waals surface area contributed by atoms with E-state index in [-0.39, 0.29) is 0 Å². The molecule has 0 amide bonds. The summed E-state index contributed by atoms with van der Waals surface area (Å²) in [6.45, 7) is 0.728. The molecule has 114 valence electrons. The highest BCUT2D eigenvalue weighted by atomic mass is 35.5. The molecule has 0 aliphatic heterocycles. The molecule has 5 nitrogen and oxygen atoms in total. The molecule has 0 fully saturated rings. The molecular weight excluding hydrogens is 341 g/mol. The van der Waals surface area contributed by atoms with Crippen LogP contribution in [0.2, 0.25) is 10.0 Å². The van der Waals surface area contributed by atoms with E-state index in [9.17, 15) is 0 Å². The van der Waals surface area contributed by atoms with Gasteiger partial charge in [-0.1, -0.05) is 35.1 Å². The number of anilines is 1. The van der Waals surface area contributed by atoms with Gasteiger partial charge in [-0.25, -0.2) is 4.98 Å². The average Bonchev–Trinajstić information content (AvgIpc) is 3.02. The fraction of sp³-hybridized carbons (Fsp3) is 0.143. The number of rotatable bonds is 5. The van der Waals surface area contributed by atoms with E-state index in [2.05, 4.69) is 20.5 Å². The lowest BCUT2D eigenvalue weighted by Crippen LogP contribution is -2.07. The normalized spacial score (nSPS) is 11.0. The van der Waals surface area contributed by atoms with Crippen LogP contribution in [0, 0.1) is 0 Å². The summed E-state index contributed by atoms with van der Waals surface area (Å²) in [6, 6.07) is 5.57. The molecule has 0 saturated heterocycles. The van der Waals surface area contributed by atoms with E-state index in [1.807, 2.05) is 18.3 Å². The van der Waals surface area contributed by atoms with Crippen molar-refractivity contribution in [2.75, 3.05) is 17.6 Å². The molecule has 2 heterocycles. The summed E-state index contributed by atoms with van der Waals surface area (Å²) in [6.07, 6.45) is 3.59. The smallest absolute Gasteiger partial charge is 0.127 e. The molecule has 2 aromatic heterocycles. The Kier molecular flexibility index (Phi) is 4.73. The lowest BCUT2D eigenvalue weighted by atomic mass is 10.0. The van der Waals surface area contributed by atoms with Gasteiger partial charge in [0.15, 0.2) is 0 Å². The molecule has 0 aliphatic carbocycles. The van der Waals surface area contributed by atoms with Crippen molar-refractivity contribution in [2.24, 2.45) is 5.14 Å². The Labute approximate surface area is 141 Å². The van der Waals surface area contributed by atoms with Crippen molar-refractivity contribution in [3.8, 4) is 11.1 Å². The van der Waals surface area contributed by atoms with Crippen LogP contribution in [0.1, 0.15) is 0 Å². The zero-order chi connectivity index (χ0) is 15.5. The van der Waals surface area contributed by atoms with Crippen molar-refractivity contribution >= 4 is 51.9 Å². The first-order valence-electron chi connectivity index (χ1n) is 6.53. The summed E-state index contributed by atoms with van der Waals surface area (Å²) >= 11 is 13.5. The largest absolute Gasteiger partial charge is 0.369 e. The van der Waals surface area contributed by atoms with Gasteiger partial charge >= 0.3 is 0 Å². The van der Waals surface area contributed by atoms with Crippen molar-refractivity contribution in [1.29, 1.82) is 0 Å². The number of aromatic nitrogens is 3. The Morgan fingerprint density at radius 2 is 2.05 bits per heavy atom. The van der Waals surface area contributed by atoms with Gasteiger partial charge in [-0.2, -0.15) is 5.10 Å². The number of benzene rings is 1. The highest BCUT2D eigenvalue weighted by Crippen LogP contribution is 2.34. The Hall–Kier alpha value is -1.47. The predicted molar refractivity (Wildman–Crippen MR) is 94.5 cm³/mol. The Morgan fingerprint density at radius 1 is 1.23 bits per heavy atom. The minimum absolute atomic E-state index is 0.481. The van der Waals surface area contributed by atoms with Crippen LogP contribution in [0.15, 0.2) is 30.6 Å². The summed E-state index contributed by atoms with van der Waals surface area (Å²) in [5, 5.41) is 17.4. The zero-order valence-electron chi connectivity index (χ0n) is 11.4. The number of H-pyrrole nitrogens is 1. The second-order valence-corrected chi connectivity index (χ2v) is 6.18. The van der Waals surface area contributed by atoms with Gasteiger partial charge in [-0.15, -0.1) is 0 Å². The van der Waals surface area contributed by atoms with Crippen LogP contribution in [0.25, 0.3) is 22.0 Å². The number of fused-ring (bicyclic) bond motifs is 1. The number of hydrogen-bond donors (Lipinski definition) is 3. The number of pyridine rings is 1. The van der Waals surface area contributed by atoms with Crippen molar-refractivity contribution in [3.63, 3.8) is 0 Å². The third-order valence-corrected chi connectivity index (χ3v) is 4.35. The van der Waals surface area contributed by atoms with Crippen LogP contribution in [0.4, 0.5) is 5.82 Å². The average molecular weight is 354 g/mol. The topological polar surface area (TPSA) is 79.6 Å². The number of hydrogen-bond acceptors (Lipinski definition) is 5. The van der Waals surface area contributed by atoms with Gasteiger partial charge in [0.2, 0.25) is 0 Å².